The van der Waals surface area contributed by atoms with Crippen molar-refractivity contribution in [1.29, 1.82) is 0 Å². The molecule has 2 heterocycles. The molecule has 3 rings (SSSR count). The van der Waals surface area contributed by atoms with Crippen LogP contribution in [0.5, 0.6) is 0 Å². The average Bonchev–Trinajstić information content (AvgIpc) is 3.12. The van der Waals surface area contributed by atoms with E-state index >= 15 is 0 Å². The molecule has 2 aromatic rings. The number of carbonyl (C=O) groups excluding carboxylic acids is 2. The van der Waals surface area contributed by atoms with Crippen LogP contribution in [-0.4, -0.2) is 53.8 Å². The highest BCUT2D eigenvalue weighted by Gasteiger charge is 2.36. The maximum atomic E-state index is 12.6. The van der Waals surface area contributed by atoms with E-state index in [2.05, 4.69) is 11.9 Å². The minimum atomic E-state index is -0.0804. The van der Waals surface area contributed by atoms with Gasteiger partial charge in [-0.05, 0) is 25.0 Å². The lowest BCUT2D eigenvalue weighted by atomic mass is 9.81. The van der Waals surface area contributed by atoms with Gasteiger partial charge in [0.25, 0.3) is 11.8 Å². The van der Waals surface area contributed by atoms with Crippen molar-refractivity contribution in [3.8, 4) is 0 Å². The molecule has 132 valence electrons. The highest BCUT2D eigenvalue weighted by atomic mass is 32.1. The number of likely N-dealkylation sites (tertiary alicyclic amines) is 1. The molecule has 1 aliphatic rings. The Hall–Kier alpha value is -2.21. The molecule has 0 unspecified atom stereocenters. The van der Waals surface area contributed by atoms with Gasteiger partial charge in [-0.2, -0.15) is 0 Å². The summed E-state index contributed by atoms with van der Waals surface area (Å²) in [6.45, 7) is 3.60. The molecule has 1 aromatic carbocycles. The number of piperidine rings is 1. The molecule has 0 bridgehead atoms. The predicted molar refractivity (Wildman–Crippen MR) is 99.1 cm³/mol. The second-order valence-corrected chi connectivity index (χ2v) is 7.98. The molecular formula is C19H23N3O2S. The van der Waals surface area contributed by atoms with Gasteiger partial charge in [0, 0.05) is 38.2 Å². The summed E-state index contributed by atoms with van der Waals surface area (Å²) >= 11 is 1.47. The summed E-state index contributed by atoms with van der Waals surface area (Å²) in [5.74, 6) is 0.0781. The van der Waals surface area contributed by atoms with Crippen molar-refractivity contribution in [2.75, 3.05) is 27.2 Å². The van der Waals surface area contributed by atoms with Crippen LogP contribution in [0.2, 0.25) is 0 Å². The summed E-state index contributed by atoms with van der Waals surface area (Å²) in [6.07, 6.45) is 3.39. The maximum absolute atomic E-state index is 12.6. The summed E-state index contributed by atoms with van der Waals surface area (Å²) in [6, 6.07) is 9.41. The molecule has 1 saturated heterocycles. The van der Waals surface area contributed by atoms with Gasteiger partial charge in [0.2, 0.25) is 0 Å². The van der Waals surface area contributed by atoms with E-state index in [0.29, 0.717) is 18.0 Å². The topological polar surface area (TPSA) is 53.5 Å². The van der Waals surface area contributed by atoms with Crippen LogP contribution in [0, 0.1) is 0 Å². The van der Waals surface area contributed by atoms with Crippen molar-refractivity contribution in [3.63, 3.8) is 0 Å². The van der Waals surface area contributed by atoms with Crippen molar-refractivity contribution in [1.82, 2.24) is 14.8 Å². The fourth-order valence-corrected chi connectivity index (χ4v) is 4.19. The monoisotopic (exact) mass is 357 g/mol. The Kier molecular flexibility index (Phi) is 4.90. The largest absolute Gasteiger partial charge is 0.344 e. The summed E-state index contributed by atoms with van der Waals surface area (Å²) in [5, 5.41) is 0.990. The number of amides is 2. The van der Waals surface area contributed by atoms with Crippen LogP contribution in [0.15, 0.2) is 36.5 Å². The van der Waals surface area contributed by atoms with Crippen molar-refractivity contribution >= 4 is 23.2 Å². The summed E-state index contributed by atoms with van der Waals surface area (Å²) in [5.41, 5.74) is 0.655. The second kappa shape index (κ2) is 6.96. The normalized spacial score (nSPS) is 16.5. The first-order chi connectivity index (χ1) is 11.9. The Bertz CT molecular complexity index is 762. The van der Waals surface area contributed by atoms with Gasteiger partial charge in [-0.25, -0.2) is 4.98 Å². The number of carbonyl (C=O) groups is 2. The van der Waals surface area contributed by atoms with E-state index in [1.54, 1.807) is 25.2 Å². The molecule has 25 heavy (non-hydrogen) atoms. The Morgan fingerprint density at radius 3 is 2.40 bits per heavy atom. The minimum absolute atomic E-state index is 0.0101. The molecule has 0 spiro atoms. The average molecular weight is 357 g/mol. The van der Waals surface area contributed by atoms with Gasteiger partial charge in [0.05, 0.1) is 11.2 Å². The van der Waals surface area contributed by atoms with Gasteiger partial charge in [0.1, 0.15) is 4.88 Å². The lowest BCUT2D eigenvalue weighted by molar-refractivity contribution is 0.0675. The van der Waals surface area contributed by atoms with Gasteiger partial charge < -0.3 is 9.80 Å². The Morgan fingerprint density at radius 1 is 1.16 bits per heavy atom. The first kappa shape index (κ1) is 17.6. The molecule has 5 nitrogen and oxygen atoms in total. The Morgan fingerprint density at radius 2 is 1.80 bits per heavy atom. The zero-order chi connectivity index (χ0) is 18.0. The van der Waals surface area contributed by atoms with Crippen molar-refractivity contribution < 1.29 is 9.59 Å². The highest BCUT2D eigenvalue weighted by molar-refractivity contribution is 7.13. The van der Waals surface area contributed by atoms with E-state index in [1.165, 1.54) is 11.3 Å². The number of rotatable bonds is 3. The van der Waals surface area contributed by atoms with Crippen LogP contribution >= 0.6 is 11.3 Å². The number of aromatic nitrogens is 1. The Labute approximate surface area is 152 Å². The zero-order valence-corrected chi connectivity index (χ0v) is 15.7. The number of nitrogens with zero attached hydrogens (tertiary/aromatic N) is 3. The van der Waals surface area contributed by atoms with Crippen LogP contribution in [0.25, 0.3) is 0 Å². The zero-order valence-electron chi connectivity index (χ0n) is 14.9. The molecule has 0 radical (unpaired) electrons. The number of thiazole rings is 1. The highest BCUT2D eigenvalue weighted by Crippen LogP contribution is 2.37. The van der Waals surface area contributed by atoms with Crippen molar-refractivity contribution in [2.24, 2.45) is 0 Å². The number of hydrogen-bond donors (Lipinski definition) is 0. The molecule has 1 aromatic heterocycles. The SMILES string of the molecule is CN(C)C(=O)c1cnc(C2(C)CCN(C(=O)c3ccccc3)CC2)s1. The quantitative estimate of drug-likeness (QED) is 0.848. The van der Waals surface area contributed by atoms with Crippen LogP contribution in [0.1, 0.15) is 44.8 Å². The third-order valence-corrected chi connectivity index (χ3v) is 6.11. The van der Waals surface area contributed by atoms with Crippen molar-refractivity contribution in [2.45, 2.75) is 25.2 Å². The molecular weight excluding hydrogens is 334 g/mol. The van der Waals surface area contributed by atoms with Gasteiger partial charge >= 0.3 is 0 Å². The van der Waals surface area contributed by atoms with Gasteiger partial charge in [-0.1, -0.05) is 25.1 Å². The fourth-order valence-electron chi connectivity index (χ4n) is 3.05. The van der Waals surface area contributed by atoms with Crippen LogP contribution in [-0.2, 0) is 5.41 Å². The number of benzene rings is 1. The summed E-state index contributed by atoms with van der Waals surface area (Å²) in [7, 11) is 3.49. The Balaban J connectivity index is 1.68. The van der Waals surface area contributed by atoms with Gasteiger partial charge in [-0.15, -0.1) is 11.3 Å². The predicted octanol–water partition coefficient (Wildman–Crippen LogP) is 3.04. The molecule has 2 amide bonds. The second-order valence-electron chi connectivity index (χ2n) is 6.95. The maximum Gasteiger partial charge on any atom is 0.265 e. The van der Waals surface area contributed by atoms with E-state index in [4.69, 9.17) is 0 Å². The molecule has 6 heteroatoms. The summed E-state index contributed by atoms with van der Waals surface area (Å²) in [4.78, 5) is 33.3. The van der Waals surface area contributed by atoms with Crippen LogP contribution in [0.4, 0.5) is 0 Å². The molecule has 0 aliphatic carbocycles. The number of hydrogen-bond acceptors (Lipinski definition) is 4. The molecule has 0 saturated carbocycles. The van der Waals surface area contributed by atoms with E-state index in [1.807, 2.05) is 35.2 Å². The minimum Gasteiger partial charge on any atom is -0.344 e. The third kappa shape index (κ3) is 3.58. The first-order valence-electron chi connectivity index (χ1n) is 8.43. The van der Waals surface area contributed by atoms with E-state index in [0.717, 1.165) is 23.4 Å². The van der Waals surface area contributed by atoms with E-state index < -0.39 is 0 Å². The van der Waals surface area contributed by atoms with Crippen molar-refractivity contribution in [3.05, 3.63) is 52.0 Å². The van der Waals surface area contributed by atoms with Crippen LogP contribution in [0.3, 0.4) is 0 Å². The standard InChI is InChI=1S/C19H23N3O2S/c1-19(18-20-13-15(25-18)17(24)21(2)3)9-11-22(12-10-19)16(23)14-7-5-4-6-8-14/h4-8,13H,9-12H2,1-3H3. The molecule has 0 atom stereocenters. The smallest absolute Gasteiger partial charge is 0.265 e. The lowest BCUT2D eigenvalue weighted by Crippen LogP contribution is -2.43. The third-order valence-electron chi connectivity index (χ3n) is 4.81. The van der Waals surface area contributed by atoms with Gasteiger partial charge in [0.15, 0.2) is 0 Å². The van der Waals surface area contributed by atoms with Crippen LogP contribution < -0.4 is 0 Å². The van der Waals surface area contributed by atoms with E-state index in [-0.39, 0.29) is 17.2 Å². The van der Waals surface area contributed by atoms with E-state index in [9.17, 15) is 9.59 Å². The van der Waals surface area contributed by atoms with Gasteiger partial charge in [-0.3, -0.25) is 9.59 Å². The molecule has 1 aliphatic heterocycles. The molecule has 0 N–H and O–H groups in total. The summed E-state index contributed by atoms with van der Waals surface area (Å²) < 4.78 is 0. The first-order valence-corrected chi connectivity index (χ1v) is 9.25. The lowest BCUT2D eigenvalue weighted by Gasteiger charge is -2.38. The fraction of sp³-hybridized carbons (Fsp3) is 0.421. The molecule has 1 fully saturated rings.